The van der Waals surface area contributed by atoms with Gasteiger partial charge in [0, 0.05) is 25.3 Å². The van der Waals surface area contributed by atoms with Crippen LogP contribution in [0.1, 0.15) is 19.8 Å². The van der Waals surface area contributed by atoms with Gasteiger partial charge in [0.1, 0.15) is 0 Å². The molecule has 0 unspecified atom stereocenters. The Morgan fingerprint density at radius 1 is 1.05 bits per heavy atom. The third kappa shape index (κ3) is 10.0. The fraction of sp³-hybridized carbons (Fsp3) is 0.636. The molecule has 1 fully saturated rings. The number of carbonyl (C=O) groups is 4. The minimum atomic E-state index is -0.539. The van der Waals surface area contributed by atoms with Crippen LogP contribution in [-0.4, -0.2) is 48.0 Å². The van der Waals surface area contributed by atoms with Crippen molar-refractivity contribution in [3.63, 3.8) is 0 Å². The van der Waals surface area contributed by atoms with Gasteiger partial charge in [-0.25, -0.2) is 9.59 Å². The predicted molar refractivity (Wildman–Crippen MR) is 81.8 cm³/mol. The van der Waals surface area contributed by atoms with E-state index in [1.807, 2.05) is 0 Å². The van der Waals surface area contributed by atoms with Gasteiger partial charge in [0.25, 0.3) is 0 Å². The fourth-order valence-corrected chi connectivity index (χ4v) is 2.92. The Hall–Kier alpha value is -1.42. The second-order valence-electron chi connectivity index (χ2n) is 4.32. The van der Waals surface area contributed by atoms with Crippen molar-refractivity contribution in [2.75, 3.05) is 18.1 Å². The van der Waals surface area contributed by atoms with Crippen LogP contribution in [0.25, 0.3) is 0 Å². The van der Waals surface area contributed by atoms with Crippen molar-refractivity contribution >= 4 is 45.5 Å². The van der Waals surface area contributed by atoms with E-state index in [2.05, 4.69) is 21.3 Å². The lowest BCUT2D eigenvalue weighted by Gasteiger charge is -2.06. The molecule has 8 nitrogen and oxygen atoms in total. The van der Waals surface area contributed by atoms with E-state index < -0.39 is 18.0 Å². The molecule has 0 atom stereocenters. The lowest BCUT2D eigenvalue weighted by Crippen LogP contribution is -2.41. The lowest BCUT2D eigenvalue weighted by molar-refractivity contribution is -0.118. The Kier molecular flexibility index (Phi) is 7.98. The summed E-state index contributed by atoms with van der Waals surface area (Å²) < 4.78 is 0. The fourth-order valence-electron chi connectivity index (χ4n) is 1.18. The Morgan fingerprint density at radius 3 is 2.38 bits per heavy atom. The van der Waals surface area contributed by atoms with Gasteiger partial charge in [-0.2, -0.15) is 0 Å². The molecule has 1 saturated carbocycles. The summed E-state index contributed by atoms with van der Waals surface area (Å²) in [6, 6.07) is -0.773. The van der Waals surface area contributed by atoms with Gasteiger partial charge in [0.2, 0.25) is 11.8 Å². The van der Waals surface area contributed by atoms with Crippen LogP contribution in [0, 0.1) is 0 Å². The molecule has 0 bridgehead atoms. The molecule has 0 saturated heterocycles. The van der Waals surface area contributed by atoms with Gasteiger partial charge in [0.05, 0.1) is 5.75 Å². The Bertz CT molecular complexity index is 415. The highest BCUT2D eigenvalue weighted by Crippen LogP contribution is 2.20. The molecule has 0 heterocycles. The van der Waals surface area contributed by atoms with Crippen molar-refractivity contribution in [1.29, 1.82) is 0 Å². The molecule has 0 aromatic heterocycles. The standard InChI is InChI=1S/C11H18N4O4S2/c1-7(16)13-10(18)12-4-5-20-21-6-9(17)15-11(19)14-8-2-3-8/h8H,2-6H2,1H3,(H2,12,13,16,18)(H2,14,15,17,19). The molecule has 1 rings (SSSR count). The molecule has 0 aliphatic heterocycles. The summed E-state index contributed by atoms with van der Waals surface area (Å²) in [5.41, 5.74) is 0. The zero-order valence-corrected chi connectivity index (χ0v) is 13.2. The van der Waals surface area contributed by atoms with E-state index in [1.165, 1.54) is 28.5 Å². The van der Waals surface area contributed by atoms with Crippen molar-refractivity contribution in [1.82, 2.24) is 21.3 Å². The van der Waals surface area contributed by atoms with Gasteiger partial charge >= 0.3 is 12.1 Å². The van der Waals surface area contributed by atoms with Gasteiger partial charge in [-0.3, -0.25) is 20.2 Å². The first-order valence-corrected chi connectivity index (χ1v) is 8.86. The maximum atomic E-state index is 11.4. The lowest BCUT2D eigenvalue weighted by atomic mass is 10.6. The Labute approximate surface area is 130 Å². The molecular formula is C11H18N4O4S2. The van der Waals surface area contributed by atoms with Crippen LogP contribution < -0.4 is 21.3 Å². The highest BCUT2D eigenvalue weighted by molar-refractivity contribution is 8.76. The largest absolute Gasteiger partial charge is 0.337 e. The molecule has 118 valence electrons. The van der Waals surface area contributed by atoms with E-state index in [-0.39, 0.29) is 17.7 Å². The molecule has 0 aromatic carbocycles. The summed E-state index contributed by atoms with van der Waals surface area (Å²) in [5, 5.41) is 9.47. The van der Waals surface area contributed by atoms with Crippen molar-refractivity contribution in [3.8, 4) is 0 Å². The van der Waals surface area contributed by atoms with Crippen LogP contribution in [-0.2, 0) is 9.59 Å². The van der Waals surface area contributed by atoms with E-state index in [0.29, 0.717) is 12.3 Å². The van der Waals surface area contributed by atoms with Crippen molar-refractivity contribution in [2.24, 2.45) is 0 Å². The van der Waals surface area contributed by atoms with Crippen LogP contribution >= 0.6 is 21.6 Å². The van der Waals surface area contributed by atoms with E-state index in [1.54, 1.807) is 0 Å². The topological polar surface area (TPSA) is 116 Å². The van der Waals surface area contributed by atoms with E-state index in [4.69, 9.17) is 0 Å². The molecule has 0 radical (unpaired) electrons. The number of rotatable bonds is 7. The van der Waals surface area contributed by atoms with E-state index in [9.17, 15) is 19.2 Å². The molecular weight excluding hydrogens is 316 g/mol. The average molecular weight is 334 g/mol. The van der Waals surface area contributed by atoms with Crippen LogP contribution in [0.15, 0.2) is 0 Å². The van der Waals surface area contributed by atoms with Gasteiger partial charge in [-0.05, 0) is 12.8 Å². The quantitative estimate of drug-likeness (QED) is 0.390. The summed E-state index contributed by atoms with van der Waals surface area (Å²) in [5.74, 6) is -0.0384. The molecule has 0 aromatic rings. The summed E-state index contributed by atoms with van der Waals surface area (Å²) in [7, 11) is 2.68. The monoisotopic (exact) mass is 334 g/mol. The van der Waals surface area contributed by atoms with Crippen molar-refractivity contribution in [2.45, 2.75) is 25.8 Å². The molecule has 0 spiro atoms. The third-order valence-corrected chi connectivity index (χ3v) is 4.47. The number of imide groups is 2. The maximum absolute atomic E-state index is 11.4. The van der Waals surface area contributed by atoms with E-state index in [0.717, 1.165) is 12.8 Å². The summed E-state index contributed by atoms with van der Waals surface area (Å²) >= 11 is 0. The zero-order chi connectivity index (χ0) is 15.7. The molecule has 4 N–H and O–H groups in total. The highest BCUT2D eigenvalue weighted by Gasteiger charge is 2.23. The molecule has 10 heteroatoms. The Balaban J connectivity index is 1.93. The maximum Gasteiger partial charge on any atom is 0.321 e. The second-order valence-corrected chi connectivity index (χ2v) is 6.90. The van der Waals surface area contributed by atoms with Gasteiger partial charge in [-0.1, -0.05) is 21.6 Å². The van der Waals surface area contributed by atoms with Gasteiger partial charge in [-0.15, -0.1) is 0 Å². The minimum absolute atomic E-state index is 0.155. The van der Waals surface area contributed by atoms with Crippen LogP contribution in [0.4, 0.5) is 9.59 Å². The molecule has 1 aliphatic carbocycles. The highest BCUT2D eigenvalue weighted by atomic mass is 33.1. The van der Waals surface area contributed by atoms with Crippen molar-refractivity contribution < 1.29 is 19.2 Å². The molecule has 1 aliphatic rings. The molecule has 21 heavy (non-hydrogen) atoms. The van der Waals surface area contributed by atoms with Gasteiger partial charge in [0.15, 0.2) is 0 Å². The molecule has 6 amide bonds. The summed E-state index contributed by atoms with van der Waals surface area (Å²) in [6.45, 7) is 1.63. The van der Waals surface area contributed by atoms with Crippen LogP contribution in [0.5, 0.6) is 0 Å². The number of hydrogen-bond acceptors (Lipinski definition) is 6. The van der Waals surface area contributed by atoms with Crippen LogP contribution in [0.3, 0.4) is 0 Å². The van der Waals surface area contributed by atoms with Crippen molar-refractivity contribution in [3.05, 3.63) is 0 Å². The smallest absolute Gasteiger partial charge is 0.321 e. The first-order valence-electron chi connectivity index (χ1n) is 6.37. The second kappa shape index (κ2) is 9.50. The zero-order valence-electron chi connectivity index (χ0n) is 11.6. The minimum Gasteiger partial charge on any atom is -0.337 e. The predicted octanol–water partition coefficient (Wildman–Crippen LogP) is 0.202. The van der Waals surface area contributed by atoms with E-state index >= 15 is 0 Å². The number of hydrogen-bond donors (Lipinski definition) is 4. The van der Waals surface area contributed by atoms with Gasteiger partial charge < -0.3 is 10.6 Å². The summed E-state index contributed by atoms with van der Waals surface area (Å²) in [4.78, 5) is 44.3. The third-order valence-electron chi connectivity index (χ3n) is 2.20. The number of urea groups is 2. The normalized spacial score (nSPS) is 13.2. The summed E-state index contributed by atoms with van der Waals surface area (Å²) in [6.07, 6.45) is 1.94. The first kappa shape index (κ1) is 17.6. The number of carbonyl (C=O) groups excluding carboxylic acids is 4. The first-order chi connectivity index (χ1) is 9.97. The van der Waals surface area contributed by atoms with Crippen LogP contribution in [0.2, 0.25) is 0 Å². The SMILES string of the molecule is CC(=O)NC(=O)NCCSSCC(=O)NC(=O)NC1CC1. The Morgan fingerprint density at radius 2 is 1.76 bits per heavy atom. The number of nitrogens with one attached hydrogen (secondary N) is 4. The average Bonchev–Trinajstić information content (AvgIpc) is 3.16. The number of amides is 6.